The largest absolute Gasteiger partial charge is 0.391 e. The first kappa shape index (κ1) is 25.4. The molecule has 34 heavy (non-hydrogen) atoms. The number of amides is 4. The highest BCUT2D eigenvalue weighted by Gasteiger charge is 2.39. The maximum Gasteiger partial charge on any atom is 0.322 e. The minimum Gasteiger partial charge on any atom is -0.391 e. The molecule has 182 valence electrons. The molecule has 0 aromatic heterocycles. The van der Waals surface area contributed by atoms with Crippen LogP contribution >= 0.6 is 11.6 Å². The topological polar surface area (TPSA) is 105 Å². The van der Waals surface area contributed by atoms with Crippen LogP contribution in [-0.4, -0.2) is 79.1 Å². The number of urea groups is 1. The Kier molecular flexibility index (Phi) is 8.08. The number of likely N-dealkylation sites (N-methyl/N-ethyl adjacent to an activating group) is 2. The van der Waals surface area contributed by atoms with Gasteiger partial charge in [0.2, 0.25) is 11.8 Å². The van der Waals surface area contributed by atoms with Gasteiger partial charge in [-0.1, -0.05) is 11.6 Å². The van der Waals surface area contributed by atoms with E-state index >= 15 is 0 Å². The minimum atomic E-state index is -0.995. The highest BCUT2D eigenvalue weighted by Crippen LogP contribution is 2.25. The second-order valence-corrected chi connectivity index (χ2v) is 8.78. The van der Waals surface area contributed by atoms with E-state index in [-0.39, 0.29) is 31.1 Å². The van der Waals surface area contributed by atoms with E-state index in [2.05, 4.69) is 10.6 Å². The number of β-amino-alcohol motifs (C(OH)–C–C–N with tert-alkyl or cyclic N) is 1. The molecule has 0 bridgehead atoms. The lowest BCUT2D eigenvalue weighted by Gasteiger charge is -2.24. The number of anilines is 3. The molecule has 4 amide bonds. The highest BCUT2D eigenvalue weighted by molar-refractivity contribution is 6.30. The quantitative estimate of drug-likeness (QED) is 0.576. The van der Waals surface area contributed by atoms with Crippen molar-refractivity contribution in [1.82, 2.24) is 9.80 Å². The van der Waals surface area contributed by atoms with Gasteiger partial charge >= 0.3 is 6.03 Å². The van der Waals surface area contributed by atoms with Crippen molar-refractivity contribution in [2.75, 3.05) is 49.8 Å². The first-order valence-electron chi connectivity index (χ1n) is 10.6. The van der Waals surface area contributed by atoms with Crippen molar-refractivity contribution in [1.29, 1.82) is 0 Å². The van der Waals surface area contributed by atoms with E-state index in [0.29, 0.717) is 16.4 Å². The van der Waals surface area contributed by atoms with Crippen molar-refractivity contribution in [2.24, 2.45) is 0 Å². The van der Waals surface area contributed by atoms with Gasteiger partial charge in [-0.05, 0) is 56.6 Å². The van der Waals surface area contributed by atoms with Crippen LogP contribution in [0.1, 0.15) is 6.42 Å². The molecule has 0 radical (unpaired) electrons. The van der Waals surface area contributed by atoms with Crippen molar-refractivity contribution in [3.63, 3.8) is 0 Å². The van der Waals surface area contributed by atoms with Gasteiger partial charge in [-0.2, -0.15) is 0 Å². The van der Waals surface area contributed by atoms with Crippen LogP contribution in [0.5, 0.6) is 0 Å². The second kappa shape index (κ2) is 10.8. The zero-order valence-corrected chi connectivity index (χ0v) is 19.8. The molecule has 3 N–H and O–H groups in total. The number of hydrogen-bond acceptors (Lipinski definition) is 5. The van der Waals surface area contributed by atoms with Gasteiger partial charge in [0.15, 0.2) is 0 Å². The molecule has 3 rings (SSSR count). The van der Waals surface area contributed by atoms with Gasteiger partial charge in [-0.3, -0.25) is 9.59 Å². The Balaban J connectivity index is 1.69. The van der Waals surface area contributed by atoms with E-state index in [9.17, 15) is 23.9 Å². The van der Waals surface area contributed by atoms with Gasteiger partial charge in [0.25, 0.3) is 0 Å². The van der Waals surface area contributed by atoms with Crippen LogP contribution in [0, 0.1) is 5.82 Å². The Bertz CT molecular complexity index is 1070. The van der Waals surface area contributed by atoms with Crippen molar-refractivity contribution in [3.05, 3.63) is 53.3 Å². The average Bonchev–Trinajstić information content (AvgIpc) is 3.17. The van der Waals surface area contributed by atoms with Gasteiger partial charge in [-0.25, -0.2) is 9.18 Å². The summed E-state index contributed by atoms with van der Waals surface area (Å²) < 4.78 is 14.7. The predicted molar refractivity (Wildman–Crippen MR) is 129 cm³/mol. The summed E-state index contributed by atoms with van der Waals surface area (Å²) in [5.41, 5.74) is 0.716. The van der Waals surface area contributed by atoms with E-state index < -0.39 is 29.9 Å². The van der Waals surface area contributed by atoms with Crippen LogP contribution in [0.4, 0.5) is 26.2 Å². The molecule has 11 heteroatoms. The summed E-state index contributed by atoms with van der Waals surface area (Å²) in [6.45, 7) is 0.117. The van der Waals surface area contributed by atoms with Gasteiger partial charge in [0, 0.05) is 36.4 Å². The first-order chi connectivity index (χ1) is 16.0. The summed E-state index contributed by atoms with van der Waals surface area (Å²) in [5, 5.41) is 15.7. The number of hydrogen-bond donors (Lipinski definition) is 3. The maximum absolute atomic E-state index is 14.7. The summed E-state index contributed by atoms with van der Waals surface area (Å²) >= 11 is 5.85. The predicted octanol–water partition coefficient (Wildman–Crippen LogP) is 2.61. The molecule has 1 aliphatic heterocycles. The summed E-state index contributed by atoms with van der Waals surface area (Å²) in [6, 6.07) is 8.89. The molecule has 0 unspecified atom stereocenters. The van der Waals surface area contributed by atoms with Crippen LogP contribution in [0.2, 0.25) is 5.02 Å². The fraction of sp³-hybridized carbons (Fsp3) is 0.348. The Hall–Kier alpha value is -3.21. The molecule has 0 aliphatic carbocycles. The fourth-order valence-corrected chi connectivity index (χ4v) is 3.69. The molecule has 2 aromatic carbocycles. The highest BCUT2D eigenvalue weighted by atomic mass is 35.5. The minimum absolute atomic E-state index is 0.0152. The number of rotatable bonds is 6. The van der Waals surface area contributed by atoms with E-state index in [1.807, 2.05) is 0 Å². The molecule has 2 aromatic rings. The van der Waals surface area contributed by atoms with Crippen molar-refractivity contribution in [3.8, 4) is 0 Å². The van der Waals surface area contributed by atoms with E-state index in [4.69, 9.17) is 11.6 Å². The van der Waals surface area contributed by atoms with Crippen LogP contribution in [0.25, 0.3) is 0 Å². The van der Waals surface area contributed by atoms with Crippen molar-refractivity contribution < 1.29 is 23.9 Å². The third-order valence-corrected chi connectivity index (χ3v) is 5.61. The summed E-state index contributed by atoms with van der Waals surface area (Å²) in [5.74, 6) is -1.58. The van der Waals surface area contributed by atoms with Crippen molar-refractivity contribution >= 4 is 46.5 Å². The summed E-state index contributed by atoms with van der Waals surface area (Å²) in [6.07, 6.45) is -0.878. The number of likely N-dealkylation sites (tertiary alicyclic amines) is 1. The number of benzene rings is 2. The number of halogens is 2. The lowest BCUT2D eigenvalue weighted by molar-refractivity contribution is -0.120. The van der Waals surface area contributed by atoms with Gasteiger partial charge in [-0.15, -0.1) is 0 Å². The van der Waals surface area contributed by atoms with Crippen LogP contribution in [0.3, 0.4) is 0 Å². The third kappa shape index (κ3) is 6.22. The normalized spacial score (nSPS) is 17.6. The van der Waals surface area contributed by atoms with Gasteiger partial charge < -0.3 is 30.4 Å². The van der Waals surface area contributed by atoms with Crippen molar-refractivity contribution in [2.45, 2.75) is 18.6 Å². The average molecular weight is 492 g/mol. The molecular weight excluding hydrogens is 465 g/mol. The molecular formula is C23H27ClFN5O4. The molecule has 1 fully saturated rings. The first-order valence-corrected chi connectivity index (χ1v) is 11.0. The number of aliphatic hydroxyl groups excluding tert-OH is 1. The fourth-order valence-electron chi connectivity index (χ4n) is 3.57. The van der Waals surface area contributed by atoms with Crippen LogP contribution in [-0.2, 0) is 9.59 Å². The molecule has 1 saturated heterocycles. The zero-order valence-electron chi connectivity index (χ0n) is 19.1. The lowest BCUT2D eigenvalue weighted by Crippen LogP contribution is -2.45. The summed E-state index contributed by atoms with van der Waals surface area (Å²) in [7, 11) is 5.05. The monoisotopic (exact) mass is 491 g/mol. The SMILES string of the molecule is CN(C)CC(=O)N(C)c1ccc(NC(=O)[C@H]2C[C@@H](O)CN2C(=O)Nc2ccc(Cl)cc2)c(F)c1. The lowest BCUT2D eigenvalue weighted by atomic mass is 10.1. The van der Waals surface area contributed by atoms with Crippen LogP contribution in [0.15, 0.2) is 42.5 Å². The zero-order chi connectivity index (χ0) is 25.0. The number of nitrogens with zero attached hydrogens (tertiary/aromatic N) is 3. The molecule has 1 heterocycles. The van der Waals surface area contributed by atoms with Gasteiger partial charge in [0.05, 0.1) is 18.3 Å². The Morgan fingerprint density at radius 3 is 2.41 bits per heavy atom. The summed E-state index contributed by atoms with van der Waals surface area (Å²) in [4.78, 5) is 42.0. The van der Waals surface area contributed by atoms with E-state index in [0.717, 1.165) is 6.07 Å². The number of aliphatic hydroxyl groups is 1. The van der Waals surface area contributed by atoms with Gasteiger partial charge in [0.1, 0.15) is 11.9 Å². The molecule has 1 aliphatic rings. The smallest absolute Gasteiger partial charge is 0.322 e. The molecule has 0 saturated carbocycles. The Labute approximate surface area is 202 Å². The second-order valence-electron chi connectivity index (χ2n) is 8.34. The maximum atomic E-state index is 14.7. The van der Waals surface area contributed by atoms with E-state index in [1.54, 1.807) is 43.3 Å². The van der Waals surface area contributed by atoms with Crippen LogP contribution < -0.4 is 15.5 Å². The number of carbonyl (C=O) groups excluding carboxylic acids is 3. The number of carbonyl (C=O) groups is 3. The Morgan fingerprint density at radius 2 is 1.79 bits per heavy atom. The molecule has 2 atom stereocenters. The molecule has 0 spiro atoms. The van der Waals surface area contributed by atoms with E-state index in [1.165, 1.54) is 29.0 Å². The third-order valence-electron chi connectivity index (χ3n) is 5.36. The standard InChI is InChI=1S/C23H27ClFN5O4/c1-28(2)13-21(32)29(3)16-8-9-19(18(25)10-16)27-22(33)20-11-17(31)12-30(20)23(34)26-15-6-4-14(24)5-7-15/h4-10,17,20,31H,11-13H2,1-3H3,(H,26,34)(H,27,33)/t17-,20-/m1/s1. The molecule has 9 nitrogen and oxygen atoms in total. The Morgan fingerprint density at radius 1 is 1.12 bits per heavy atom. The number of nitrogens with one attached hydrogen (secondary N) is 2.